The van der Waals surface area contributed by atoms with Gasteiger partial charge < -0.3 is 10.3 Å². The Hall–Kier alpha value is -1.56. The fourth-order valence-corrected chi connectivity index (χ4v) is 2.04. The van der Waals surface area contributed by atoms with Crippen molar-refractivity contribution in [3.63, 3.8) is 0 Å². The smallest absolute Gasteiger partial charge is 0.171 e. The summed E-state index contributed by atoms with van der Waals surface area (Å²) in [5.74, 6) is 1.97. The van der Waals surface area contributed by atoms with Gasteiger partial charge in [-0.3, -0.25) is 0 Å². The molecule has 2 aromatic heterocycles. The maximum Gasteiger partial charge on any atom is 0.171 e. The molecule has 0 amide bonds. The number of aromatic amines is 1. The summed E-state index contributed by atoms with van der Waals surface area (Å²) in [6, 6.07) is 1.92. The summed E-state index contributed by atoms with van der Waals surface area (Å²) in [7, 11) is 1.85. The minimum absolute atomic E-state index is 0.305. The first-order valence-corrected chi connectivity index (χ1v) is 6.24. The molecule has 2 heterocycles. The number of rotatable bonds is 4. The molecule has 6 heteroatoms. The van der Waals surface area contributed by atoms with E-state index in [4.69, 9.17) is 0 Å². The summed E-state index contributed by atoms with van der Waals surface area (Å²) in [6.07, 6.45) is 3.53. The maximum absolute atomic E-state index is 4.51. The van der Waals surface area contributed by atoms with Crippen molar-refractivity contribution in [3.05, 3.63) is 24.3 Å². The van der Waals surface area contributed by atoms with Crippen molar-refractivity contribution in [2.24, 2.45) is 0 Å². The molecule has 0 unspecified atom stereocenters. The monoisotopic (exact) mass is 249 g/mol. The second-order valence-electron chi connectivity index (χ2n) is 3.85. The van der Waals surface area contributed by atoms with Crippen LogP contribution in [0.1, 0.15) is 25.6 Å². The molecule has 0 atom stereocenters. The van der Waals surface area contributed by atoms with Gasteiger partial charge in [-0.05, 0) is 11.8 Å². The van der Waals surface area contributed by atoms with Gasteiger partial charge in [0, 0.05) is 31.4 Å². The number of anilines is 1. The molecule has 0 aliphatic carbocycles. The van der Waals surface area contributed by atoms with Gasteiger partial charge in [0.15, 0.2) is 5.16 Å². The molecule has 0 radical (unpaired) electrons. The fourth-order valence-electron chi connectivity index (χ4n) is 1.29. The van der Waals surface area contributed by atoms with E-state index in [2.05, 4.69) is 39.1 Å². The van der Waals surface area contributed by atoms with Crippen LogP contribution in [0, 0.1) is 0 Å². The highest BCUT2D eigenvalue weighted by Gasteiger charge is 2.09. The van der Waals surface area contributed by atoms with Crippen molar-refractivity contribution in [1.29, 1.82) is 0 Å². The standard InChI is InChI=1S/C11H15N5S/c1-7(2)10-15-8(12-3)6-9(16-10)17-11-13-4-5-14-11/h4-7H,1-3H3,(H,13,14)(H,12,15,16). The van der Waals surface area contributed by atoms with Crippen LogP contribution in [0.4, 0.5) is 5.82 Å². The summed E-state index contributed by atoms with van der Waals surface area (Å²) in [5.41, 5.74) is 0. The van der Waals surface area contributed by atoms with Crippen LogP contribution in [0.5, 0.6) is 0 Å². The Kier molecular flexibility index (Phi) is 3.63. The first-order chi connectivity index (χ1) is 8.19. The molecule has 0 aliphatic heterocycles. The largest absolute Gasteiger partial charge is 0.373 e. The van der Waals surface area contributed by atoms with Crippen LogP contribution in [0.3, 0.4) is 0 Å². The third kappa shape index (κ3) is 2.97. The first kappa shape index (κ1) is 11.9. The molecule has 0 spiro atoms. The zero-order chi connectivity index (χ0) is 12.3. The number of hydrogen-bond donors (Lipinski definition) is 2. The van der Waals surface area contributed by atoms with Gasteiger partial charge >= 0.3 is 0 Å². The lowest BCUT2D eigenvalue weighted by atomic mass is 10.2. The fraction of sp³-hybridized carbons (Fsp3) is 0.364. The normalized spacial score (nSPS) is 10.8. The summed E-state index contributed by atoms with van der Waals surface area (Å²) in [6.45, 7) is 4.16. The highest BCUT2D eigenvalue weighted by Crippen LogP contribution is 2.25. The molecule has 90 valence electrons. The van der Waals surface area contributed by atoms with E-state index in [1.165, 1.54) is 11.8 Å². The summed E-state index contributed by atoms with van der Waals surface area (Å²) in [5, 5.41) is 4.77. The van der Waals surface area contributed by atoms with Crippen molar-refractivity contribution in [2.75, 3.05) is 12.4 Å². The van der Waals surface area contributed by atoms with E-state index in [0.29, 0.717) is 5.92 Å². The van der Waals surface area contributed by atoms with Crippen molar-refractivity contribution in [1.82, 2.24) is 19.9 Å². The highest BCUT2D eigenvalue weighted by atomic mass is 32.2. The van der Waals surface area contributed by atoms with Crippen LogP contribution in [-0.4, -0.2) is 27.0 Å². The number of nitrogens with zero attached hydrogens (tertiary/aromatic N) is 3. The molecule has 0 bridgehead atoms. The van der Waals surface area contributed by atoms with Gasteiger partial charge in [0.05, 0.1) is 0 Å². The molecule has 2 N–H and O–H groups in total. The molecule has 5 nitrogen and oxygen atoms in total. The number of nitrogens with one attached hydrogen (secondary N) is 2. The van der Waals surface area contributed by atoms with E-state index in [-0.39, 0.29) is 0 Å². The Morgan fingerprint density at radius 3 is 2.76 bits per heavy atom. The van der Waals surface area contributed by atoms with Crippen LogP contribution in [0.15, 0.2) is 28.6 Å². The van der Waals surface area contributed by atoms with Gasteiger partial charge in [0.2, 0.25) is 0 Å². The molecule has 2 rings (SSSR count). The third-order valence-corrected chi connectivity index (χ3v) is 3.00. The van der Waals surface area contributed by atoms with Crippen molar-refractivity contribution in [2.45, 2.75) is 29.9 Å². The molecular formula is C11H15N5S. The van der Waals surface area contributed by atoms with E-state index >= 15 is 0 Å². The lowest BCUT2D eigenvalue weighted by molar-refractivity contribution is 0.755. The Morgan fingerprint density at radius 2 is 2.18 bits per heavy atom. The molecular weight excluding hydrogens is 234 g/mol. The molecule has 2 aromatic rings. The van der Waals surface area contributed by atoms with Gasteiger partial charge in [0.1, 0.15) is 16.7 Å². The summed E-state index contributed by atoms with van der Waals surface area (Å²) < 4.78 is 0. The van der Waals surface area contributed by atoms with Gasteiger partial charge in [0.25, 0.3) is 0 Å². The average Bonchev–Trinajstić information content (AvgIpc) is 2.81. The Bertz CT molecular complexity index is 481. The van der Waals surface area contributed by atoms with Crippen LogP contribution in [0.2, 0.25) is 0 Å². The molecule has 0 saturated carbocycles. The average molecular weight is 249 g/mol. The van der Waals surface area contributed by atoms with Crippen LogP contribution >= 0.6 is 11.8 Å². The van der Waals surface area contributed by atoms with E-state index in [1.54, 1.807) is 12.4 Å². The van der Waals surface area contributed by atoms with Crippen molar-refractivity contribution >= 4 is 17.6 Å². The Balaban J connectivity index is 2.29. The van der Waals surface area contributed by atoms with Gasteiger partial charge in [-0.15, -0.1) is 0 Å². The quantitative estimate of drug-likeness (QED) is 0.815. The number of H-pyrrole nitrogens is 1. The van der Waals surface area contributed by atoms with E-state index < -0.39 is 0 Å². The Labute approximate surface area is 104 Å². The van der Waals surface area contributed by atoms with Crippen LogP contribution < -0.4 is 5.32 Å². The number of hydrogen-bond acceptors (Lipinski definition) is 5. The highest BCUT2D eigenvalue weighted by molar-refractivity contribution is 7.99. The van der Waals surface area contributed by atoms with Gasteiger partial charge in [-0.25, -0.2) is 15.0 Å². The molecule has 0 fully saturated rings. The maximum atomic E-state index is 4.51. The van der Waals surface area contributed by atoms with Gasteiger partial charge in [-0.1, -0.05) is 13.8 Å². The van der Waals surface area contributed by atoms with Crippen molar-refractivity contribution < 1.29 is 0 Å². The van der Waals surface area contributed by atoms with Crippen LogP contribution in [-0.2, 0) is 0 Å². The van der Waals surface area contributed by atoms with Crippen molar-refractivity contribution in [3.8, 4) is 0 Å². The third-order valence-electron chi connectivity index (χ3n) is 2.17. The van der Waals surface area contributed by atoms with E-state index in [9.17, 15) is 0 Å². The topological polar surface area (TPSA) is 66.5 Å². The predicted octanol–water partition coefficient (Wildman–Crippen LogP) is 2.52. The summed E-state index contributed by atoms with van der Waals surface area (Å²) >= 11 is 1.50. The molecule has 0 saturated heterocycles. The second kappa shape index (κ2) is 5.18. The van der Waals surface area contributed by atoms with Crippen LogP contribution in [0.25, 0.3) is 0 Å². The second-order valence-corrected chi connectivity index (χ2v) is 4.86. The minimum Gasteiger partial charge on any atom is -0.373 e. The molecule has 17 heavy (non-hydrogen) atoms. The SMILES string of the molecule is CNc1cc(Sc2ncc[nH]2)nc(C(C)C)n1. The molecule has 0 aliphatic rings. The lowest BCUT2D eigenvalue weighted by Gasteiger charge is -2.08. The first-order valence-electron chi connectivity index (χ1n) is 5.43. The number of imidazole rings is 1. The zero-order valence-electron chi connectivity index (χ0n) is 10.1. The van der Waals surface area contributed by atoms with E-state index in [1.807, 2.05) is 13.1 Å². The van der Waals surface area contributed by atoms with E-state index in [0.717, 1.165) is 21.8 Å². The van der Waals surface area contributed by atoms with Gasteiger partial charge in [-0.2, -0.15) is 0 Å². The minimum atomic E-state index is 0.305. The molecule has 0 aromatic carbocycles. The predicted molar refractivity (Wildman–Crippen MR) is 68.4 cm³/mol. The summed E-state index contributed by atoms with van der Waals surface area (Å²) in [4.78, 5) is 16.1. The number of aromatic nitrogens is 4. The lowest BCUT2D eigenvalue weighted by Crippen LogP contribution is -2.02. The zero-order valence-corrected chi connectivity index (χ0v) is 10.9. The Morgan fingerprint density at radius 1 is 1.35 bits per heavy atom.